The molecule has 2 N–H and O–H groups in total. The van der Waals surface area contributed by atoms with E-state index in [4.69, 9.17) is 10.1 Å². The van der Waals surface area contributed by atoms with Crippen LogP contribution in [0.1, 0.15) is 5.82 Å². The van der Waals surface area contributed by atoms with Crippen molar-refractivity contribution >= 4 is 40.2 Å². The van der Waals surface area contributed by atoms with Gasteiger partial charge < -0.3 is 15.3 Å². The Morgan fingerprint density at radius 1 is 0.882 bits per heavy atom. The van der Waals surface area contributed by atoms with Crippen molar-refractivity contribution in [2.75, 3.05) is 49.5 Å². The Hall–Kier alpha value is -3.27. The fourth-order valence-electron chi connectivity index (χ4n) is 3.94. The summed E-state index contributed by atoms with van der Waals surface area (Å²) in [7, 11) is 0. The Kier molecular flexibility index (Phi) is 6.84. The normalized spacial score (nSPS) is 14.5. The molecule has 0 saturated carbocycles. The van der Waals surface area contributed by atoms with Crippen LogP contribution in [0.5, 0.6) is 0 Å². The molecule has 34 heavy (non-hydrogen) atoms. The molecule has 2 aromatic carbocycles. The van der Waals surface area contributed by atoms with Gasteiger partial charge in [0.15, 0.2) is 0 Å². The van der Waals surface area contributed by atoms with Crippen LogP contribution >= 0.6 is 11.8 Å². The predicted molar refractivity (Wildman–Crippen MR) is 136 cm³/mol. The van der Waals surface area contributed by atoms with E-state index in [0.29, 0.717) is 24.3 Å². The number of para-hydroxylation sites is 1. The monoisotopic (exact) mass is 473 g/mol. The van der Waals surface area contributed by atoms with Gasteiger partial charge in [-0.1, -0.05) is 36.0 Å². The molecule has 1 fully saturated rings. The summed E-state index contributed by atoms with van der Waals surface area (Å²) in [6.45, 7) is 6.22. The van der Waals surface area contributed by atoms with Crippen LogP contribution < -0.4 is 10.2 Å². The molecule has 2 aromatic heterocycles. The number of benzene rings is 2. The van der Waals surface area contributed by atoms with Gasteiger partial charge in [0.05, 0.1) is 12.1 Å². The maximum Gasteiger partial charge on any atom is 0.232 e. The molecular formula is C25H27N7OS. The zero-order valence-electron chi connectivity index (χ0n) is 19.1. The van der Waals surface area contributed by atoms with E-state index in [1.54, 1.807) is 11.8 Å². The SMILES string of the molecule is Cc1nc(Nc2ccc(Sc3ccc4ccccc4n3)cc2)nc(N2CCN(CCO)CC2)n1. The van der Waals surface area contributed by atoms with Crippen molar-refractivity contribution < 1.29 is 5.11 Å². The number of fused-ring (bicyclic) bond motifs is 1. The maximum atomic E-state index is 9.14. The standard InChI is InChI=1S/C25H27N7OS/c1-18-26-24(30-25(27-18)32-14-12-31(13-15-32)16-17-33)28-20-7-9-21(10-8-20)34-23-11-6-19-4-2-3-5-22(19)29-23/h2-11,33H,12-17H2,1H3,(H,26,27,28,30). The van der Waals surface area contributed by atoms with Crippen LogP contribution in [0.25, 0.3) is 10.9 Å². The molecule has 8 nitrogen and oxygen atoms in total. The number of piperazine rings is 1. The number of hydrogen-bond acceptors (Lipinski definition) is 9. The molecule has 0 atom stereocenters. The van der Waals surface area contributed by atoms with E-state index in [9.17, 15) is 0 Å². The number of aryl methyl sites for hydroxylation is 1. The Bertz CT molecular complexity index is 1260. The van der Waals surface area contributed by atoms with Crippen LogP contribution in [-0.2, 0) is 0 Å². The Labute approximate surface area is 203 Å². The van der Waals surface area contributed by atoms with Crippen LogP contribution in [0.15, 0.2) is 70.6 Å². The van der Waals surface area contributed by atoms with Crippen LogP contribution in [0, 0.1) is 6.92 Å². The van der Waals surface area contributed by atoms with E-state index in [-0.39, 0.29) is 6.61 Å². The summed E-state index contributed by atoms with van der Waals surface area (Å²) in [4.78, 5) is 23.9. The summed E-state index contributed by atoms with van der Waals surface area (Å²) in [5.74, 6) is 1.91. The molecule has 0 aliphatic carbocycles. The third-order valence-corrected chi connectivity index (χ3v) is 6.66. The number of aromatic nitrogens is 4. The fraction of sp³-hybridized carbons (Fsp3) is 0.280. The van der Waals surface area contributed by atoms with Crippen molar-refractivity contribution in [3.8, 4) is 0 Å². The maximum absolute atomic E-state index is 9.14. The second-order valence-electron chi connectivity index (χ2n) is 8.15. The average Bonchev–Trinajstić information content (AvgIpc) is 2.85. The number of nitrogens with zero attached hydrogens (tertiary/aromatic N) is 6. The van der Waals surface area contributed by atoms with Crippen molar-refractivity contribution in [2.24, 2.45) is 0 Å². The third kappa shape index (κ3) is 5.44. The lowest BCUT2D eigenvalue weighted by atomic mass is 10.2. The van der Waals surface area contributed by atoms with Crippen molar-refractivity contribution in [2.45, 2.75) is 16.8 Å². The molecule has 5 rings (SSSR count). The minimum absolute atomic E-state index is 0.189. The molecule has 4 aromatic rings. The number of aliphatic hydroxyl groups excluding tert-OH is 1. The van der Waals surface area contributed by atoms with Crippen LogP contribution in [-0.4, -0.2) is 69.3 Å². The molecule has 0 radical (unpaired) electrons. The molecule has 0 amide bonds. The van der Waals surface area contributed by atoms with Gasteiger partial charge in [0.25, 0.3) is 0 Å². The minimum Gasteiger partial charge on any atom is -0.395 e. The largest absolute Gasteiger partial charge is 0.395 e. The molecule has 1 aliphatic rings. The average molecular weight is 474 g/mol. The van der Waals surface area contributed by atoms with Gasteiger partial charge in [-0.05, 0) is 43.3 Å². The minimum atomic E-state index is 0.189. The first-order valence-electron chi connectivity index (χ1n) is 11.4. The Morgan fingerprint density at radius 3 is 2.47 bits per heavy atom. The van der Waals surface area contributed by atoms with Crippen molar-refractivity contribution in [1.82, 2.24) is 24.8 Å². The zero-order chi connectivity index (χ0) is 23.3. The molecule has 0 spiro atoms. The van der Waals surface area contributed by atoms with Gasteiger partial charge in [0, 0.05) is 48.7 Å². The van der Waals surface area contributed by atoms with E-state index >= 15 is 0 Å². The lowest BCUT2D eigenvalue weighted by Crippen LogP contribution is -2.47. The Balaban J connectivity index is 1.24. The number of pyridine rings is 1. The Morgan fingerprint density at radius 2 is 1.68 bits per heavy atom. The predicted octanol–water partition coefficient (Wildman–Crippen LogP) is 3.74. The topological polar surface area (TPSA) is 90.3 Å². The van der Waals surface area contributed by atoms with E-state index in [1.807, 2.05) is 37.3 Å². The third-order valence-electron chi connectivity index (χ3n) is 5.71. The second-order valence-corrected chi connectivity index (χ2v) is 9.25. The first-order valence-corrected chi connectivity index (χ1v) is 12.2. The van der Waals surface area contributed by atoms with Crippen molar-refractivity contribution in [3.63, 3.8) is 0 Å². The molecule has 174 valence electrons. The molecule has 0 unspecified atom stereocenters. The van der Waals surface area contributed by atoms with E-state index in [1.165, 1.54) is 0 Å². The van der Waals surface area contributed by atoms with Crippen LogP contribution in [0.2, 0.25) is 0 Å². The van der Waals surface area contributed by atoms with Gasteiger partial charge in [-0.25, -0.2) is 4.98 Å². The molecule has 1 saturated heterocycles. The van der Waals surface area contributed by atoms with Gasteiger partial charge in [-0.15, -0.1) is 0 Å². The highest BCUT2D eigenvalue weighted by molar-refractivity contribution is 7.99. The van der Waals surface area contributed by atoms with E-state index < -0.39 is 0 Å². The van der Waals surface area contributed by atoms with Gasteiger partial charge >= 0.3 is 0 Å². The molecule has 1 aliphatic heterocycles. The highest BCUT2D eigenvalue weighted by atomic mass is 32.2. The van der Waals surface area contributed by atoms with Crippen molar-refractivity contribution in [1.29, 1.82) is 0 Å². The highest BCUT2D eigenvalue weighted by Crippen LogP contribution is 2.29. The van der Waals surface area contributed by atoms with Crippen LogP contribution in [0.4, 0.5) is 17.6 Å². The molecular weight excluding hydrogens is 446 g/mol. The van der Waals surface area contributed by atoms with E-state index in [2.05, 4.69) is 60.4 Å². The lowest BCUT2D eigenvalue weighted by molar-refractivity contribution is 0.188. The van der Waals surface area contributed by atoms with E-state index in [0.717, 1.165) is 52.7 Å². The second kappa shape index (κ2) is 10.3. The summed E-state index contributed by atoms with van der Waals surface area (Å²) in [6, 6.07) is 20.5. The summed E-state index contributed by atoms with van der Waals surface area (Å²) in [5, 5.41) is 14.6. The number of rotatable bonds is 7. The molecule has 3 heterocycles. The quantitative estimate of drug-likeness (QED) is 0.417. The molecule has 0 bridgehead atoms. The van der Waals surface area contributed by atoms with Gasteiger partial charge in [0.2, 0.25) is 11.9 Å². The number of anilines is 3. The lowest BCUT2D eigenvalue weighted by Gasteiger charge is -2.34. The zero-order valence-corrected chi connectivity index (χ0v) is 19.9. The first-order chi connectivity index (χ1) is 16.7. The summed E-state index contributed by atoms with van der Waals surface area (Å²) >= 11 is 1.64. The van der Waals surface area contributed by atoms with Gasteiger partial charge in [-0.3, -0.25) is 4.90 Å². The highest BCUT2D eigenvalue weighted by Gasteiger charge is 2.19. The van der Waals surface area contributed by atoms with Gasteiger partial charge in [0.1, 0.15) is 10.9 Å². The summed E-state index contributed by atoms with van der Waals surface area (Å²) < 4.78 is 0. The van der Waals surface area contributed by atoms with Gasteiger partial charge in [-0.2, -0.15) is 15.0 Å². The first kappa shape index (κ1) is 22.5. The number of aliphatic hydroxyl groups is 1. The van der Waals surface area contributed by atoms with Crippen LogP contribution in [0.3, 0.4) is 0 Å². The number of nitrogens with one attached hydrogen (secondary N) is 1. The summed E-state index contributed by atoms with van der Waals surface area (Å²) in [5.41, 5.74) is 1.92. The summed E-state index contributed by atoms with van der Waals surface area (Å²) in [6.07, 6.45) is 0. The molecule has 9 heteroatoms. The van der Waals surface area contributed by atoms with Crippen molar-refractivity contribution in [3.05, 3.63) is 66.5 Å². The number of β-amino-alcohol motifs (C(OH)–C–C–N with tert-alkyl or cyclic N) is 1. The number of hydrogen-bond donors (Lipinski definition) is 2. The smallest absolute Gasteiger partial charge is 0.232 e. The fourth-order valence-corrected chi connectivity index (χ4v) is 4.73.